The fraction of sp³-hybridized carbons (Fsp3) is 0.208. The molecule has 3 aromatic heterocycles. The maximum atomic E-state index is 12.8. The van der Waals surface area contributed by atoms with E-state index in [1.165, 1.54) is 0 Å². The highest BCUT2D eigenvalue weighted by Crippen LogP contribution is 2.29. The Balaban J connectivity index is 1.19. The minimum absolute atomic E-state index is 0.0393. The molecule has 6 rings (SSSR count). The molecular weight excluding hydrogens is 422 g/mol. The summed E-state index contributed by atoms with van der Waals surface area (Å²) in [6.45, 7) is 0.780. The van der Waals surface area contributed by atoms with Gasteiger partial charge in [-0.3, -0.25) is 9.20 Å². The van der Waals surface area contributed by atoms with E-state index in [1.807, 2.05) is 64.5 Å². The molecule has 1 aliphatic heterocycles. The minimum atomic E-state index is -0.0714. The monoisotopic (exact) mass is 443 g/mol. The first-order chi connectivity index (χ1) is 15.7. The predicted octanol–water partition coefficient (Wildman–Crippen LogP) is 4.97. The number of carbonyl (C=O) groups is 1. The molecule has 7 nitrogen and oxygen atoms in total. The number of carbonyl (C=O) groups excluding carboxylic acids is 1. The number of nitrogens with zero attached hydrogens (tertiary/aromatic N) is 3. The number of anilines is 1. The zero-order valence-corrected chi connectivity index (χ0v) is 18.1. The third-order valence-electron chi connectivity index (χ3n) is 5.71. The zero-order chi connectivity index (χ0) is 21.5. The molecule has 1 aliphatic rings. The number of benzene rings is 2. The molecule has 0 radical (unpaired) electrons. The maximum absolute atomic E-state index is 12.8. The molecule has 2 aromatic carbocycles. The quantitative estimate of drug-likeness (QED) is 0.402. The van der Waals surface area contributed by atoms with Gasteiger partial charge in [0, 0.05) is 35.1 Å². The van der Waals surface area contributed by atoms with Gasteiger partial charge in [0.1, 0.15) is 11.9 Å². The number of aromatic amines is 1. The maximum Gasteiger partial charge on any atom is 0.230 e. The van der Waals surface area contributed by atoms with Crippen molar-refractivity contribution in [2.75, 3.05) is 11.9 Å². The number of imidazole rings is 2. The second-order valence-electron chi connectivity index (χ2n) is 7.95. The molecule has 1 fully saturated rings. The number of amides is 1. The van der Waals surface area contributed by atoms with Crippen LogP contribution in [-0.4, -0.2) is 31.9 Å². The van der Waals surface area contributed by atoms with E-state index in [2.05, 4.69) is 15.3 Å². The number of ether oxygens (including phenoxy) is 1. The van der Waals surface area contributed by atoms with Gasteiger partial charge in [0.05, 0.1) is 23.1 Å². The van der Waals surface area contributed by atoms with E-state index >= 15 is 0 Å². The summed E-state index contributed by atoms with van der Waals surface area (Å²) in [6, 6.07) is 15.8. The molecule has 0 saturated carbocycles. The number of rotatable bonds is 5. The van der Waals surface area contributed by atoms with Crippen LogP contribution in [0.4, 0.5) is 5.69 Å². The number of fused-ring (bicyclic) bond motifs is 2. The Morgan fingerprint density at radius 3 is 2.97 bits per heavy atom. The van der Waals surface area contributed by atoms with E-state index in [0.717, 1.165) is 63.9 Å². The molecule has 0 spiro atoms. The third-order valence-corrected chi connectivity index (χ3v) is 6.60. The van der Waals surface area contributed by atoms with Gasteiger partial charge in [0.2, 0.25) is 5.91 Å². The van der Waals surface area contributed by atoms with Crippen LogP contribution in [0.3, 0.4) is 0 Å². The van der Waals surface area contributed by atoms with Crippen molar-refractivity contribution in [1.29, 1.82) is 0 Å². The second-order valence-corrected chi connectivity index (χ2v) is 8.79. The Labute approximate surface area is 188 Å². The highest BCUT2D eigenvalue weighted by molar-refractivity contribution is 7.15. The van der Waals surface area contributed by atoms with Crippen LogP contribution in [0.1, 0.15) is 30.5 Å². The topological polar surface area (TPSA) is 84.3 Å². The van der Waals surface area contributed by atoms with Crippen molar-refractivity contribution < 1.29 is 9.53 Å². The molecule has 4 heterocycles. The molecule has 1 saturated heterocycles. The van der Waals surface area contributed by atoms with Crippen LogP contribution in [0.5, 0.6) is 0 Å². The molecule has 0 bridgehead atoms. The number of hydrogen-bond acceptors (Lipinski definition) is 5. The number of nitrogens with one attached hydrogen (secondary N) is 2. The summed E-state index contributed by atoms with van der Waals surface area (Å²) in [4.78, 5) is 26.3. The predicted molar refractivity (Wildman–Crippen MR) is 125 cm³/mol. The molecule has 1 unspecified atom stereocenters. The lowest BCUT2D eigenvalue weighted by Gasteiger charge is -2.05. The van der Waals surface area contributed by atoms with Crippen molar-refractivity contribution in [3.63, 3.8) is 0 Å². The molecule has 160 valence electrons. The van der Waals surface area contributed by atoms with Crippen molar-refractivity contribution in [2.24, 2.45) is 0 Å². The van der Waals surface area contributed by atoms with Gasteiger partial charge in [0.15, 0.2) is 4.96 Å². The molecule has 0 aliphatic carbocycles. The van der Waals surface area contributed by atoms with E-state index in [0.29, 0.717) is 0 Å². The third kappa shape index (κ3) is 3.57. The van der Waals surface area contributed by atoms with Gasteiger partial charge in [-0.2, -0.15) is 0 Å². The Bertz CT molecular complexity index is 1410. The summed E-state index contributed by atoms with van der Waals surface area (Å²) in [5.74, 6) is 0.786. The SMILES string of the molecule is O=C(Cc1csc2nc(-c3ccccc3)cn12)Nc1ccc2nc(C3CCCO3)[nH]c2c1. The highest BCUT2D eigenvalue weighted by atomic mass is 32.1. The van der Waals surface area contributed by atoms with Gasteiger partial charge in [0.25, 0.3) is 0 Å². The fourth-order valence-corrected chi connectivity index (χ4v) is 5.00. The number of H-pyrrole nitrogens is 1. The van der Waals surface area contributed by atoms with E-state index in [1.54, 1.807) is 11.3 Å². The van der Waals surface area contributed by atoms with Crippen LogP contribution in [0.2, 0.25) is 0 Å². The van der Waals surface area contributed by atoms with Crippen LogP contribution in [0.25, 0.3) is 27.3 Å². The second kappa shape index (κ2) is 7.89. The van der Waals surface area contributed by atoms with Crippen LogP contribution in [0, 0.1) is 0 Å². The van der Waals surface area contributed by atoms with E-state index in [9.17, 15) is 4.79 Å². The van der Waals surface area contributed by atoms with Gasteiger partial charge in [-0.15, -0.1) is 11.3 Å². The number of hydrogen-bond donors (Lipinski definition) is 2. The van der Waals surface area contributed by atoms with Crippen molar-refractivity contribution in [1.82, 2.24) is 19.4 Å². The van der Waals surface area contributed by atoms with Crippen molar-refractivity contribution >= 4 is 38.9 Å². The normalized spacial score (nSPS) is 16.2. The Morgan fingerprint density at radius 1 is 1.22 bits per heavy atom. The summed E-state index contributed by atoms with van der Waals surface area (Å²) < 4.78 is 7.72. The van der Waals surface area contributed by atoms with Gasteiger partial charge in [-0.1, -0.05) is 30.3 Å². The largest absolute Gasteiger partial charge is 0.370 e. The lowest BCUT2D eigenvalue weighted by atomic mass is 10.2. The zero-order valence-electron chi connectivity index (χ0n) is 17.2. The summed E-state index contributed by atoms with van der Waals surface area (Å²) in [5.41, 5.74) is 5.40. The van der Waals surface area contributed by atoms with Crippen molar-refractivity contribution in [2.45, 2.75) is 25.4 Å². The van der Waals surface area contributed by atoms with Crippen LogP contribution in [-0.2, 0) is 16.0 Å². The molecule has 32 heavy (non-hydrogen) atoms. The summed E-state index contributed by atoms with van der Waals surface area (Å²) >= 11 is 1.54. The Hall–Kier alpha value is -3.49. The van der Waals surface area contributed by atoms with Gasteiger partial charge in [-0.25, -0.2) is 9.97 Å². The van der Waals surface area contributed by atoms with Crippen LogP contribution < -0.4 is 5.32 Å². The van der Waals surface area contributed by atoms with Crippen molar-refractivity contribution in [3.05, 3.63) is 71.6 Å². The molecule has 1 atom stereocenters. The first-order valence-electron chi connectivity index (χ1n) is 10.6. The Kier molecular flexibility index (Phi) is 4.74. The fourth-order valence-electron chi connectivity index (χ4n) is 4.13. The molecule has 1 amide bonds. The van der Waals surface area contributed by atoms with Crippen LogP contribution in [0.15, 0.2) is 60.1 Å². The van der Waals surface area contributed by atoms with Crippen molar-refractivity contribution in [3.8, 4) is 11.3 Å². The first kappa shape index (κ1) is 19.2. The standard InChI is InChI=1S/C24H21N5O2S/c30-22(12-17-14-32-24-28-20(13-29(17)24)15-5-2-1-3-6-15)25-16-8-9-18-19(11-16)27-23(26-18)21-7-4-10-31-21/h1-3,5-6,8-9,11,13-14,21H,4,7,10,12H2,(H,25,30)(H,26,27). The van der Waals surface area contributed by atoms with Gasteiger partial charge < -0.3 is 15.0 Å². The average molecular weight is 444 g/mol. The van der Waals surface area contributed by atoms with Gasteiger partial charge >= 0.3 is 0 Å². The minimum Gasteiger partial charge on any atom is -0.370 e. The van der Waals surface area contributed by atoms with E-state index in [-0.39, 0.29) is 18.4 Å². The molecular formula is C24H21N5O2S. The van der Waals surface area contributed by atoms with Crippen LogP contribution >= 0.6 is 11.3 Å². The van der Waals surface area contributed by atoms with Gasteiger partial charge in [-0.05, 0) is 31.0 Å². The summed E-state index contributed by atoms with van der Waals surface area (Å²) in [5, 5.41) is 5.00. The Morgan fingerprint density at radius 2 is 2.12 bits per heavy atom. The average Bonchev–Trinajstić information content (AvgIpc) is 3.59. The highest BCUT2D eigenvalue weighted by Gasteiger charge is 2.21. The lowest BCUT2D eigenvalue weighted by Crippen LogP contribution is -2.15. The summed E-state index contributed by atoms with van der Waals surface area (Å²) in [6.07, 6.45) is 4.35. The summed E-state index contributed by atoms with van der Waals surface area (Å²) in [7, 11) is 0. The molecule has 5 aromatic rings. The molecule has 2 N–H and O–H groups in total. The number of thiazole rings is 1. The molecule has 8 heteroatoms. The van der Waals surface area contributed by atoms with E-state index < -0.39 is 0 Å². The smallest absolute Gasteiger partial charge is 0.230 e. The number of aromatic nitrogens is 4. The van der Waals surface area contributed by atoms with E-state index in [4.69, 9.17) is 9.72 Å². The lowest BCUT2D eigenvalue weighted by molar-refractivity contribution is -0.115. The first-order valence-corrected chi connectivity index (χ1v) is 11.5.